The molecule has 3 aromatic rings. The van der Waals surface area contributed by atoms with Gasteiger partial charge >= 0.3 is 5.97 Å². The highest BCUT2D eigenvalue weighted by Crippen LogP contribution is 2.29. The van der Waals surface area contributed by atoms with Gasteiger partial charge in [-0.2, -0.15) is 5.10 Å². The molecule has 2 heterocycles. The zero-order valence-electron chi connectivity index (χ0n) is 11.0. The van der Waals surface area contributed by atoms with E-state index < -0.39 is 5.97 Å². The van der Waals surface area contributed by atoms with E-state index in [1.807, 2.05) is 0 Å². The second kappa shape index (κ2) is 5.06. The molecule has 0 aliphatic rings. The van der Waals surface area contributed by atoms with Gasteiger partial charge in [-0.1, -0.05) is 11.6 Å². The number of hydrogen-bond acceptors (Lipinski definition) is 4. The number of nitrogens with one attached hydrogen (secondary N) is 1. The molecule has 2 N–H and O–H groups in total. The molecule has 21 heavy (non-hydrogen) atoms. The van der Waals surface area contributed by atoms with Crippen LogP contribution >= 0.6 is 11.6 Å². The highest BCUT2D eigenvalue weighted by Gasteiger charge is 2.17. The predicted molar refractivity (Wildman–Crippen MR) is 80.2 cm³/mol. The topological polar surface area (TPSA) is 80.0 Å². The first-order valence-corrected chi connectivity index (χ1v) is 6.50. The number of aromatic nitrogens is 3. The van der Waals surface area contributed by atoms with Gasteiger partial charge in [-0.25, -0.2) is 9.78 Å². The normalized spacial score (nSPS) is 10.8. The summed E-state index contributed by atoms with van der Waals surface area (Å²) in [6.07, 6.45) is 2.91. The Kier molecular flexibility index (Phi) is 3.23. The minimum atomic E-state index is -1.05. The van der Waals surface area contributed by atoms with Crippen molar-refractivity contribution in [2.24, 2.45) is 7.05 Å². The van der Waals surface area contributed by atoms with E-state index in [9.17, 15) is 9.90 Å². The first-order chi connectivity index (χ1) is 10.1. The molecule has 0 aliphatic heterocycles. The molecular weight excluding hydrogens is 292 g/mol. The average molecular weight is 303 g/mol. The van der Waals surface area contributed by atoms with Crippen LogP contribution in [0.3, 0.4) is 0 Å². The number of carbonyl (C=O) groups is 1. The summed E-state index contributed by atoms with van der Waals surface area (Å²) < 4.78 is 1.59. The summed E-state index contributed by atoms with van der Waals surface area (Å²) >= 11 is 5.85. The molecule has 0 atom stereocenters. The fourth-order valence-corrected chi connectivity index (χ4v) is 2.20. The van der Waals surface area contributed by atoms with Crippen molar-refractivity contribution in [2.45, 2.75) is 0 Å². The third-order valence-corrected chi connectivity index (χ3v) is 3.36. The molecule has 0 radical (unpaired) electrons. The number of anilines is 2. The van der Waals surface area contributed by atoms with Crippen LogP contribution in [0.25, 0.3) is 11.0 Å². The van der Waals surface area contributed by atoms with Gasteiger partial charge in [0.2, 0.25) is 0 Å². The minimum absolute atomic E-state index is 0.0884. The van der Waals surface area contributed by atoms with Gasteiger partial charge in [0.1, 0.15) is 5.56 Å². The van der Waals surface area contributed by atoms with E-state index in [0.717, 1.165) is 5.69 Å². The summed E-state index contributed by atoms with van der Waals surface area (Å²) in [4.78, 5) is 15.5. The number of carboxylic acids is 1. The van der Waals surface area contributed by atoms with Crippen LogP contribution in [-0.4, -0.2) is 25.8 Å². The number of rotatable bonds is 3. The summed E-state index contributed by atoms with van der Waals surface area (Å²) in [7, 11) is 1.75. The largest absolute Gasteiger partial charge is 0.478 e. The molecular formula is C14H11ClN4O2. The monoisotopic (exact) mass is 302 g/mol. The molecule has 2 aromatic heterocycles. The van der Waals surface area contributed by atoms with E-state index in [2.05, 4.69) is 15.4 Å². The van der Waals surface area contributed by atoms with Gasteiger partial charge in [0.15, 0.2) is 5.65 Å². The molecule has 3 rings (SSSR count). The zero-order valence-corrected chi connectivity index (χ0v) is 11.8. The van der Waals surface area contributed by atoms with Crippen LogP contribution < -0.4 is 5.32 Å². The second-order valence-electron chi connectivity index (χ2n) is 4.49. The summed E-state index contributed by atoms with van der Waals surface area (Å²) in [5.41, 5.74) is 1.89. The lowest BCUT2D eigenvalue weighted by molar-refractivity contribution is 0.0697. The fraction of sp³-hybridized carbons (Fsp3) is 0.0714. The third kappa shape index (κ3) is 2.41. The first kappa shape index (κ1) is 13.4. The molecule has 0 spiro atoms. The lowest BCUT2D eigenvalue weighted by Crippen LogP contribution is -2.05. The molecule has 1 aromatic carbocycles. The highest BCUT2D eigenvalue weighted by atomic mass is 35.5. The van der Waals surface area contributed by atoms with Crippen molar-refractivity contribution in [1.82, 2.24) is 14.8 Å². The summed E-state index contributed by atoms with van der Waals surface area (Å²) in [6.45, 7) is 0. The number of aryl methyl sites for hydroxylation is 1. The van der Waals surface area contributed by atoms with Crippen LogP contribution in [0.4, 0.5) is 11.4 Å². The summed E-state index contributed by atoms with van der Waals surface area (Å²) in [5.74, 6) is -1.05. The first-order valence-electron chi connectivity index (χ1n) is 6.13. The van der Waals surface area contributed by atoms with Gasteiger partial charge < -0.3 is 10.4 Å². The Morgan fingerprint density at radius 2 is 2.00 bits per heavy atom. The van der Waals surface area contributed by atoms with Gasteiger partial charge in [0.05, 0.1) is 17.3 Å². The average Bonchev–Trinajstić information content (AvgIpc) is 2.83. The van der Waals surface area contributed by atoms with Crippen molar-refractivity contribution in [3.05, 3.63) is 47.2 Å². The molecule has 0 unspecified atom stereocenters. The Bertz CT molecular complexity index is 827. The van der Waals surface area contributed by atoms with Crippen molar-refractivity contribution in [2.75, 3.05) is 5.32 Å². The van der Waals surface area contributed by atoms with Crippen molar-refractivity contribution >= 4 is 40.0 Å². The van der Waals surface area contributed by atoms with Crippen LogP contribution in [0, 0.1) is 0 Å². The summed E-state index contributed by atoms with van der Waals surface area (Å²) in [5, 5.41) is 17.8. The molecule has 0 saturated heterocycles. The van der Waals surface area contributed by atoms with Crippen molar-refractivity contribution in [3.8, 4) is 0 Å². The number of hydrogen-bond donors (Lipinski definition) is 2. The summed E-state index contributed by atoms with van der Waals surface area (Å²) in [6, 6.07) is 7.01. The van der Waals surface area contributed by atoms with E-state index in [1.54, 1.807) is 42.2 Å². The molecule has 0 bridgehead atoms. The SMILES string of the molecule is Cn1ncc2c(Nc3ccc(Cl)cc3)c(C(=O)O)cnc21. The van der Waals surface area contributed by atoms with Crippen LogP contribution in [0.1, 0.15) is 10.4 Å². The van der Waals surface area contributed by atoms with Gasteiger partial charge in [-0.05, 0) is 24.3 Å². The lowest BCUT2D eigenvalue weighted by Gasteiger charge is -2.10. The Morgan fingerprint density at radius 1 is 1.29 bits per heavy atom. The van der Waals surface area contributed by atoms with Gasteiger partial charge in [0.25, 0.3) is 0 Å². The molecule has 6 nitrogen and oxygen atoms in total. The van der Waals surface area contributed by atoms with Gasteiger partial charge in [0, 0.05) is 24.0 Å². The van der Waals surface area contributed by atoms with E-state index in [0.29, 0.717) is 21.7 Å². The van der Waals surface area contributed by atoms with Crippen LogP contribution in [0.5, 0.6) is 0 Å². The maximum atomic E-state index is 11.4. The number of halogens is 1. The molecule has 7 heteroatoms. The number of benzene rings is 1. The fourth-order valence-electron chi connectivity index (χ4n) is 2.07. The van der Waals surface area contributed by atoms with E-state index >= 15 is 0 Å². The smallest absolute Gasteiger partial charge is 0.339 e. The lowest BCUT2D eigenvalue weighted by atomic mass is 10.1. The highest BCUT2D eigenvalue weighted by molar-refractivity contribution is 6.30. The number of nitrogens with zero attached hydrogens (tertiary/aromatic N) is 3. The zero-order chi connectivity index (χ0) is 15.0. The minimum Gasteiger partial charge on any atom is -0.478 e. The maximum absolute atomic E-state index is 11.4. The van der Waals surface area contributed by atoms with Gasteiger partial charge in [-0.3, -0.25) is 4.68 Å². The number of carboxylic acid groups (broad SMARTS) is 1. The van der Waals surface area contributed by atoms with Crippen molar-refractivity contribution in [3.63, 3.8) is 0 Å². The number of pyridine rings is 1. The predicted octanol–water partition coefficient (Wildman–Crippen LogP) is 3.06. The number of aromatic carboxylic acids is 1. The van der Waals surface area contributed by atoms with Crippen LogP contribution in [0.2, 0.25) is 5.02 Å². The molecule has 106 valence electrons. The van der Waals surface area contributed by atoms with Crippen LogP contribution in [-0.2, 0) is 7.05 Å². The Morgan fingerprint density at radius 3 is 2.67 bits per heavy atom. The van der Waals surface area contributed by atoms with E-state index in [4.69, 9.17) is 11.6 Å². The number of fused-ring (bicyclic) bond motifs is 1. The maximum Gasteiger partial charge on any atom is 0.339 e. The quantitative estimate of drug-likeness (QED) is 0.777. The molecule has 0 saturated carbocycles. The molecule has 0 aliphatic carbocycles. The second-order valence-corrected chi connectivity index (χ2v) is 4.93. The van der Waals surface area contributed by atoms with Crippen LogP contribution in [0.15, 0.2) is 36.7 Å². The Hall–Kier alpha value is -2.60. The Balaban J connectivity index is 2.16. The molecule has 0 fully saturated rings. The van der Waals surface area contributed by atoms with Gasteiger partial charge in [-0.15, -0.1) is 0 Å². The van der Waals surface area contributed by atoms with E-state index in [-0.39, 0.29) is 5.56 Å². The molecule has 0 amide bonds. The van der Waals surface area contributed by atoms with Crippen molar-refractivity contribution < 1.29 is 9.90 Å². The standard InChI is InChI=1S/C14H11ClN4O2/c1-19-13-10(7-17-19)12(11(6-16-13)14(20)21)18-9-4-2-8(15)3-5-9/h2-7H,1H3,(H,16,18)(H,20,21). The third-order valence-electron chi connectivity index (χ3n) is 3.11. The Labute approximate surface area is 125 Å². The van der Waals surface area contributed by atoms with Crippen molar-refractivity contribution in [1.29, 1.82) is 0 Å². The van der Waals surface area contributed by atoms with E-state index in [1.165, 1.54) is 6.20 Å².